The van der Waals surface area contributed by atoms with E-state index < -0.39 is 12.5 Å². The molecule has 0 aliphatic heterocycles. The highest BCUT2D eigenvalue weighted by Gasteiger charge is 2.09. The molecular formula is C18H16ClF2NO3. The van der Waals surface area contributed by atoms with Gasteiger partial charge in [0.2, 0.25) is 5.91 Å². The fourth-order valence-corrected chi connectivity index (χ4v) is 2.28. The van der Waals surface area contributed by atoms with Crippen LogP contribution < -0.4 is 14.8 Å². The van der Waals surface area contributed by atoms with Crippen LogP contribution >= 0.6 is 11.6 Å². The maximum absolute atomic E-state index is 12.4. The van der Waals surface area contributed by atoms with Gasteiger partial charge in [-0.2, -0.15) is 8.78 Å². The maximum Gasteiger partial charge on any atom is 0.387 e. The molecule has 25 heavy (non-hydrogen) atoms. The minimum atomic E-state index is -2.92. The number of methoxy groups -OCH3 is 1. The van der Waals surface area contributed by atoms with Gasteiger partial charge in [-0.05, 0) is 30.3 Å². The molecule has 0 spiro atoms. The van der Waals surface area contributed by atoms with Crippen LogP contribution in [-0.4, -0.2) is 19.6 Å². The van der Waals surface area contributed by atoms with Crippen LogP contribution in [0.5, 0.6) is 11.5 Å². The minimum absolute atomic E-state index is 0.0262. The van der Waals surface area contributed by atoms with Gasteiger partial charge in [0.25, 0.3) is 0 Å². The van der Waals surface area contributed by atoms with Crippen molar-refractivity contribution in [1.29, 1.82) is 0 Å². The average molecular weight is 368 g/mol. The Morgan fingerprint density at radius 1 is 1.24 bits per heavy atom. The molecule has 1 N–H and O–H groups in total. The van der Waals surface area contributed by atoms with Crippen molar-refractivity contribution in [1.82, 2.24) is 5.32 Å². The van der Waals surface area contributed by atoms with E-state index in [1.54, 1.807) is 42.5 Å². The highest BCUT2D eigenvalue weighted by atomic mass is 35.5. The Bertz CT molecular complexity index is 766. The van der Waals surface area contributed by atoms with Crippen LogP contribution in [0.4, 0.5) is 8.78 Å². The molecule has 1 amide bonds. The number of amides is 1. The molecule has 0 bridgehead atoms. The van der Waals surface area contributed by atoms with E-state index >= 15 is 0 Å². The van der Waals surface area contributed by atoms with Crippen LogP contribution in [0, 0.1) is 0 Å². The molecule has 0 aliphatic rings. The maximum atomic E-state index is 12.4. The zero-order chi connectivity index (χ0) is 18.2. The van der Waals surface area contributed by atoms with E-state index in [0.29, 0.717) is 21.9 Å². The standard InChI is InChI=1S/C18H16ClF2NO3/c1-24-15-8-7-14(19)10-12(15)6-9-17(23)22-11-13-4-2-3-5-16(13)25-18(20)21/h2-10,18H,11H2,1H3,(H,22,23)/b9-6+. The lowest BCUT2D eigenvalue weighted by Gasteiger charge is -2.10. The fraction of sp³-hybridized carbons (Fsp3) is 0.167. The summed E-state index contributed by atoms with van der Waals surface area (Å²) in [5.74, 6) is 0.205. The Labute approximate surface area is 149 Å². The molecular weight excluding hydrogens is 352 g/mol. The Hall–Kier alpha value is -2.60. The van der Waals surface area contributed by atoms with Gasteiger partial charge in [-0.1, -0.05) is 29.8 Å². The van der Waals surface area contributed by atoms with E-state index in [1.807, 2.05) is 0 Å². The molecule has 4 nitrogen and oxygen atoms in total. The number of alkyl halides is 2. The van der Waals surface area contributed by atoms with E-state index in [2.05, 4.69) is 10.1 Å². The van der Waals surface area contributed by atoms with Gasteiger partial charge in [-0.3, -0.25) is 4.79 Å². The molecule has 0 radical (unpaired) electrons. The molecule has 2 rings (SSSR count). The second-order valence-corrected chi connectivity index (χ2v) is 5.36. The van der Waals surface area contributed by atoms with Crippen molar-refractivity contribution < 1.29 is 23.0 Å². The summed E-state index contributed by atoms with van der Waals surface area (Å²) in [6.07, 6.45) is 2.87. The minimum Gasteiger partial charge on any atom is -0.496 e. The summed E-state index contributed by atoms with van der Waals surface area (Å²) >= 11 is 5.92. The monoisotopic (exact) mass is 367 g/mol. The topological polar surface area (TPSA) is 47.6 Å². The Balaban J connectivity index is 2.01. The van der Waals surface area contributed by atoms with E-state index in [-0.39, 0.29) is 12.3 Å². The molecule has 2 aromatic carbocycles. The van der Waals surface area contributed by atoms with Crippen molar-refractivity contribution in [2.24, 2.45) is 0 Å². The van der Waals surface area contributed by atoms with Crippen LogP contribution in [0.15, 0.2) is 48.5 Å². The van der Waals surface area contributed by atoms with Gasteiger partial charge in [0, 0.05) is 28.8 Å². The number of carbonyl (C=O) groups is 1. The molecule has 132 valence electrons. The quantitative estimate of drug-likeness (QED) is 0.743. The molecule has 2 aromatic rings. The molecule has 0 unspecified atom stereocenters. The number of para-hydroxylation sites is 1. The fourth-order valence-electron chi connectivity index (χ4n) is 2.10. The first-order valence-electron chi connectivity index (χ1n) is 7.31. The number of ether oxygens (including phenoxy) is 2. The second-order valence-electron chi connectivity index (χ2n) is 4.92. The first-order chi connectivity index (χ1) is 12.0. The predicted octanol–water partition coefficient (Wildman–Crippen LogP) is 4.28. The first kappa shape index (κ1) is 18.7. The number of benzene rings is 2. The third-order valence-corrected chi connectivity index (χ3v) is 3.48. The lowest BCUT2D eigenvalue weighted by atomic mass is 10.2. The lowest BCUT2D eigenvalue weighted by Crippen LogP contribution is -2.21. The highest BCUT2D eigenvalue weighted by Crippen LogP contribution is 2.24. The summed E-state index contributed by atoms with van der Waals surface area (Å²) < 4.78 is 34.3. The SMILES string of the molecule is COc1ccc(Cl)cc1/C=C/C(=O)NCc1ccccc1OC(F)F. The summed E-state index contributed by atoms with van der Waals surface area (Å²) in [5.41, 5.74) is 1.09. The Morgan fingerprint density at radius 2 is 2.00 bits per heavy atom. The zero-order valence-corrected chi connectivity index (χ0v) is 14.1. The van der Waals surface area contributed by atoms with Crippen LogP contribution in [0.1, 0.15) is 11.1 Å². The van der Waals surface area contributed by atoms with Gasteiger partial charge in [-0.25, -0.2) is 0 Å². The largest absolute Gasteiger partial charge is 0.496 e. The van der Waals surface area contributed by atoms with Gasteiger partial charge >= 0.3 is 6.61 Å². The van der Waals surface area contributed by atoms with Crippen LogP contribution in [-0.2, 0) is 11.3 Å². The normalized spacial score (nSPS) is 10.9. The summed E-state index contributed by atoms with van der Waals surface area (Å²) in [5, 5.41) is 3.12. The van der Waals surface area contributed by atoms with E-state index in [4.69, 9.17) is 16.3 Å². The van der Waals surface area contributed by atoms with E-state index in [1.165, 1.54) is 19.3 Å². The van der Waals surface area contributed by atoms with Crippen molar-refractivity contribution in [2.75, 3.05) is 7.11 Å². The van der Waals surface area contributed by atoms with Gasteiger partial charge < -0.3 is 14.8 Å². The molecule has 0 atom stereocenters. The number of hydrogen-bond donors (Lipinski definition) is 1. The number of carbonyl (C=O) groups excluding carboxylic acids is 1. The molecule has 0 saturated carbocycles. The molecule has 7 heteroatoms. The van der Waals surface area contributed by atoms with Crippen molar-refractivity contribution in [3.63, 3.8) is 0 Å². The number of rotatable bonds is 7. The van der Waals surface area contributed by atoms with E-state index in [0.717, 1.165) is 0 Å². The van der Waals surface area contributed by atoms with Crippen LogP contribution in [0.2, 0.25) is 5.02 Å². The Kier molecular flexibility index (Phi) is 6.77. The third-order valence-electron chi connectivity index (χ3n) is 3.25. The van der Waals surface area contributed by atoms with Gasteiger partial charge in [0.05, 0.1) is 7.11 Å². The lowest BCUT2D eigenvalue weighted by molar-refractivity contribution is -0.116. The summed E-state index contributed by atoms with van der Waals surface area (Å²) in [6.45, 7) is -2.87. The van der Waals surface area contributed by atoms with Crippen molar-refractivity contribution in [3.05, 3.63) is 64.7 Å². The Morgan fingerprint density at radius 3 is 2.72 bits per heavy atom. The van der Waals surface area contributed by atoms with Gasteiger partial charge in [0.15, 0.2) is 0 Å². The van der Waals surface area contributed by atoms with Crippen molar-refractivity contribution in [2.45, 2.75) is 13.2 Å². The highest BCUT2D eigenvalue weighted by molar-refractivity contribution is 6.30. The predicted molar refractivity (Wildman–Crippen MR) is 92.0 cm³/mol. The van der Waals surface area contributed by atoms with Crippen molar-refractivity contribution in [3.8, 4) is 11.5 Å². The molecule has 0 aromatic heterocycles. The zero-order valence-electron chi connectivity index (χ0n) is 13.3. The second kappa shape index (κ2) is 9.03. The first-order valence-corrected chi connectivity index (χ1v) is 7.69. The average Bonchev–Trinajstić information content (AvgIpc) is 2.59. The summed E-state index contributed by atoms with van der Waals surface area (Å²) in [4.78, 5) is 11.9. The van der Waals surface area contributed by atoms with Crippen LogP contribution in [0.3, 0.4) is 0 Å². The van der Waals surface area contributed by atoms with Crippen LogP contribution in [0.25, 0.3) is 6.08 Å². The van der Waals surface area contributed by atoms with Crippen molar-refractivity contribution >= 4 is 23.6 Å². The summed E-state index contributed by atoms with van der Waals surface area (Å²) in [6, 6.07) is 11.3. The summed E-state index contributed by atoms with van der Waals surface area (Å²) in [7, 11) is 1.51. The van der Waals surface area contributed by atoms with Gasteiger partial charge in [-0.15, -0.1) is 0 Å². The number of nitrogens with one attached hydrogen (secondary N) is 1. The number of halogens is 3. The number of hydrogen-bond acceptors (Lipinski definition) is 3. The molecule has 0 aliphatic carbocycles. The molecule has 0 saturated heterocycles. The smallest absolute Gasteiger partial charge is 0.387 e. The molecule has 0 fully saturated rings. The third kappa shape index (κ3) is 5.76. The van der Waals surface area contributed by atoms with E-state index in [9.17, 15) is 13.6 Å². The molecule has 0 heterocycles. The van der Waals surface area contributed by atoms with Gasteiger partial charge in [0.1, 0.15) is 11.5 Å².